The zero-order valence-corrected chi connectivity index (χ0v) is 16.5. The fourth-order valence-corrected chi connectivity index (χ4v) is 3.25. The van der Waals surface area contributed by atoms with Crippen LogP contribution in [0.5, 0.6) is 11.5 Å². The quantitative estimate of drug-likeness (QED) is 0.551. The Morgan fingerprint density at radius 3 is 2.60 bits per heavy atom. The molecule has 8 heteroatoms. The molecule has 0 aliphatic carbocycles. The van der Waals surface area contributed by atoms with Gasteiger partial charge in [0.1, 0.15) is 23.3 Å². The van der Waals surface area contributed by atoms with Crippen LogP contribution in [0.15, 0.2) is 68.9 Å². The summed E-state index contributed by atoms with van der Waals surface area (Å²) >= 11 is 0. The molecule has 1 atom stereocenters. The van der Waals surface area contributed by atoms with Crippen molar-refractivity contribution in [2.24, 2.45) is 5.10 Å². The first kappa shape index (κ1) is 19.5. The molecule has 3 heterocycles. The van der Waals surface area contributed by atoms with Crippen molar-refractivity contribution in [3.8, 4) is 11.5 Å². The van der Waals surface area contributed by atoms with Crippen LogP contribution < -0.4 is 9.47 Å². The smallest absolute Gasteiger partial charge is 0.281 e. The number of carbonyl (C=O) groups is 2. The van der Waals surface area contributed by atoms with Gasteiger partial charge in [0, 0.05) is 12.0 Å². The SMILES string of the molecule is COc1cc(C(C)=O)ccc1OCC(=O)N1N=C(c2ccco2)CC1c1ccco1. The van der Waals surface area contributed by atoms with E-state index in [1.807, 2.05) is 0 Å². The summed E-state index contributed by atoms with van der Waals surface area (Å²) in [5.74, 6) is 1.52. The number of Topliss-reactive ketones (excluding diaryl/α,β-unsaturated/α-hetero) is 1. The van der Waals surface area contributed by atoms with E-state index >= 15 is 0 Å². The second-order valence-electron chi connectivity index (χ2n) is 6.71. The molecule has 8 nitrogen and oxygen atoms in total. The van der Waals surface area contributed by atoms with Crippen molar-refractivity contribution in [3.63, 3.8) is 0 Å². The van der Waals surface area contributed by atoms with Gasteiger partial charge in [-0.3, -0.25) is 9.59 Å². The number of hydrogen-bond acceptors (Lipinski definition) is 7. The lowest BCUT2D eigenvalue weighted by Gasteiger charge is -2.20. The van der Waals surface area contributed by atoms with Gasteiger partial charge in [0.2, 0.25) is 0 Å². The van der Waals surface area contributed by atoms with Gasteiger partial charge in [-0.1, -0.05) is 0 Å². The molecule has 2 aromatic heterocycles. The number of hydrogen-bond donors (Lipinski definition) is 0. The number of methoxy groups -OCH3 is 1. The van der Waals surface area contributed by atoms with Crippen LogP contribution in [0.3, 0.4) is 0 Å². The van der Waals surface area contributed by atoms with Gasteiger partial charge in [0.05, 0.1) is 19.6 Å². The first-order valence-corrected chi connectivity index (χ1v) is 9.35. The number of nitrogens with zero attached hydrogens (tertiary/aromatic N) is 2. The maximum Gasteiger partial charge on any atom is 0.281 e. The number of carbonyl (C=O) groups excluding carboxylic acids is 2. The molecular formula is C22H20N2O6. The van der Waals surface area contributed by atoms with E-state index in [9.17, 15) is 9.59 Å². The van der Waals surface area contributed by atoms with Gasteiger partial charge in [-0.15, -0.1) is 0 Å². The maximum absolute atomic E-state index is 12.9. The molecule has 1 amide bonds. The van der Waals surface area contributed by atoms with E-state index in [1.54, 1.807) is 55.0 Å². The Balaban J connectivity index is 1.53. The Labute approximate surface area is 172 Å². The van der Waals surface area contributed by atoms with Crippen LogP contribution in [0.1, 0.15) is 41.3 Å². The van der Waals surface area contributed by atoms with Gasteiger partial charge in [-0.25, -0.2) is 5.01 Å². The summed E-state index contributed by atoms with van der Waals surface area (Å²) < 4.78 is 21.9. The molecule has 3 aromatic rings. The van der Waals surface area contributed by atoms with Crippen LogP contribution in [-0.4, -0.2) is 36.1 Å². The van der Waals surface area contributed by atoms with E-state index in [1.165, 1.54) is 19.0 Å². The van der Waals surface area contributed by atoms with E-state index in [-0.39, 0.29) is 18.3 Å². The van der Waals surface area contributed by atoms with E-state index in [4.69, 9.17) is 18.3 Å². The molecule has 0 saturated carbocycles. The Kier molecular flexibility index (Phi) is 5.38. The van der Waals surface area contributed by atoms with Gasteiger partial charge >= 0.3 is 0 Å². The third-order valence-electron chi connectivity index (χ3n) is 4.76. The topological polar surface area (TPSA) is 94.5 Å². The summed E-state index contributed by atoms with van der Waals surface area (Å²) in [5.41, 5.74) is 1.15. The van der Waals surface area contributed by atoms with Crippen molar-refractivity contribution in [3.05, 3.63) is 72.1 Å². The molecular weight excluding hydrogens is 388 g/mol. The summed E-state index contributed by atoms with van der Waals surface area (Å²) in [6.45, 7) is 1.21. The van der Waals surface area contributed by atoms with Gasteiger partial charge in [-0.2, -0.15) is 5.10 Å². The van der Waals surface area contributed by atoms with E-state index < -0.39 is 6.04 Å². The molecule has 1 aromatic carbocycles. The van der Waals surface area contributed by atoms with E-state index in [0.29, 0.717) is 40.7 Å². The van der Waals surface area contributed by atoms with Gasteiger partial charge < -0.3 is 18.3 Å². The monoisotopic (exact) mass is 408 g/mol. The van der Waals surface area contributed by atoms with Crippen LogP contribution in [0.4, 0.5) is 0 Å². The average molecular weight is 408 g/mol. The maximum atomic E-state index is 12.9. The summed E-state index contributed by atoms with van der Waals surface area (Å²) in [6, 6.07) is 11.5. The van der Waals surface area contributed by atoms with E-state index in [0.717, 1.165) is 0 Å². The molecule has 0 bridgehead atoms. The van der Waals surface area contributed by atoms with Crippen LogP contribution in [-0.2, 0) is 4.79 Å². The van der Waals surface area contributed by atoms with Crippen molar-refractivity contribution in [1.29, 1.82) is 0 Å². The Bertz CT molecular complexity index is 1070. The lowest BCUT2D eigenvalue weighted by atomic mass is 10.1. The third-order valence-corrected chi connectivity index (χ3v) is 4.76. The summed E-state index contributed by atoms with van der Waals surface area (Å²) in [6.07, 6.45) is 3.58. The Hall–Kier alpha value is -3.81. The predicted octanol–water partition coefficient (Wildman–Crippen LogP) is 3.84. The van der Waals surface area contributed by atoms with Gasteiger partial charge in [0.15, 0.2) is 23.9 Å². The molecule has 0 spiro atoms. The minimum absolute atomic E-state index is 0.0888. The number of amides is 1. The largest absolute Gasteiger partial charge is 0.493 e. The third kappa shape index (κ3) is 3.84. The molecule has 0 radical (unpaired) electrons. The molecule has 30 heavy (non-hydrogen) atoms. The minimum atomic E-state index is -0.391. The predicted molar refractivity (Wildman–Crippen MR) is 107 cm³/mol. The van der Waals surface area contributed by atoms with E-state index in [2.05, 4.69) is 5.10 Å². The van der Waals surface area contributed by atoms with Crippen molar-refractivity contribution >= 4 is 17.4 Å². The first-order chi connectivity index (χ1) is 14.6. The van der Waals surface area contributed by atoms with Gasteiger partial charge in [0.25, 0.3) is 5.91 Å². The number of ketones is 1. The molecule has 1 aliphatic rings. The van der Waals surface area contributed by atoms with Crippen LogP contribution in [0.2, 0.25) is 0 Å². The lowest BCUT2D eigenvalue weighted by Crippen LogP contribution is -2.31. The van der Waals surface area contributed by atoms with Crippen LogP contribution in [0, 0.1) is 0 Å². The Morgan fingerprint density at radius 1 is 1.13 bits per heavy atom. The number of ether oxygens (including phenoxy) is 2. The molecule has 0 saturated heterocycles. The standard InChI is InChI=1S/C22H20N2O6/c1-14(25)15-7-8-20(21(11-15)27-2)30-13-22(26)24-17(19-6-4-10-29-19)12-16(23-24)18-5-3-9-28-18/h3-11,17H,12-13H2,1-2H3. The molecule has 1 aliphatic heterocycles. The fraction of sp³-hybridized carbons (Fsp3) is 0.227. The number of benzene rings is 1. The molecule has 4 rings (SSSR count). The molecule has 154 valence electrons. The van der Waals surface area contributed by atoms with Gasteiger partial charge in [-0.05, 0) is 49.4 Å². The summed E-state index contributed by atoms with van der Waals surface area (Å²) in [5, 5.41) is 5.81. The first-order valence-electron chi connectivity index (χ1n) is 9.35. The normalized spacial score (nSPS) is 15.7. The highest BCUT2D eigenvalue weighted by Gasteiger charge is 2.36. The second-order valence-corrected chi connectivity index (χ2v) is 6.71. The van der Waals surface area contributed by atoms with Crippen molar-refractivity contribution < 1.29 is 27.9 Å². The van der Waals surface area contributed by atoms with Crippen molar-refractivity contribution in [2.45, 2.75) is 19.4 Å². The van der Waals surface area contributed by atoms with Crippen LogP contribution in [0.25, 0.3) is 0 Å². The summed E-state index contributed by atoms with van der Waals surface area (Å²) in [7, 11) is 1.47. The summed E-state index contributed by atoms with van der Waals surface area (Å²) in [4.78, 5) is 24.5. The van der Waals surface area contributed by atoms with Crippen LogP contribution >= 0.6 is 0 Å². The highest BCUT2D eigenvalue weighted by molar-refractivity contribution is 6.01. The second kappa shape index (κ2) is 8.28. The molecule has 0 fully saturated rings. The minimum Gasteiger partial charge on any atom is -0.493 e. The zero-order valence-electron chi connectivity index (χ0n) is 16.5. The molecule has 0 N–H and O–H groups in total. The van der Waals surface area contributed by atoms with Crippen molar-refractivity contribution in [1.82, 2.24) is 5.01 Å². The number of rotatable bonds is 7. The highest BCUT2D eigenvalue weighted by Crippen LogP contribution is 2.34. The average Bonchev–Trinajstić information content (AvgIpc) is 3.51. The lowest BCUT2D eigenvalue weighted by molar-refractivity contribution is -0.135. The number of hydrazone groups is 1. The Morgan fingerprint density at radius 2 is 1.93 bits per heavy atom. The zero-order chi connectivity index (χ0) is 21.1. The number of furan rings is 2. The fourth-order valence-electron chi connectivity index (χ4n) is 3.25. The highest BCUT2D eigenvalue weighted by atomic mass is 16.5. The van der Waals surface area contributed by atoms with Crippen molar-refractivity contribution in [2.75, 3.05) is 13.7 Å². The molecule has 1 unspecified atom stereocenters.